The van der Waals surface area contributed by atoms with Crippen LogP contribution in [0.4, 0.5) is 0 Å². The summed E-state index contributed by atoms with van der Waals surface area (Å²) in [4.78, 5) is 21.1. The molecule has 2 amide bonds. The van der Waals surface area contributed by atoms with Crippen molar-refractivity contribution in [2.45, 2.75) is 17.7 Å². The van der Waals surface area contributed by atoms with E-state index < -0.39 is 16.1 Å². The smallest absolute Gasteiger partial charge is 0.243 e. The molecule has 0 unspecified atom stereocenters. The lowest BCUT2D eigenvalue weighted by molar-refractivity contribution is -0.129. The summed E-state index contributed by atoms with van der Waals surface area (Å²) in [5.74, 6) is -1.50. The predicted molar refractivity (Wildman–Crippen MR) is 40.3 cm³/mol. The Bertz CT molecular complexity index is 155. The zero-order valence-corrected chi connectivity index (χ0v) is 7.14. The molecule has 0 saturated carbocycles. The maximum absolute atomic E-state index is 10.6. The van der Waals surface area contributed by atoms with Gasteiger partial charge in [0.2, 0.25) is 11.8 Å². The molecule has 0 atom stereocenters. The van der Waals surface area contributed by atoms with Crippen molar-refractivity contribution >= 4 is 27.7 Å². The summed E-state index contributed by atoms with van der Waals surface area (Å²) in [6.45, 7) is 1.64. The molecule has 0 aromatic carbocycles. The number of carbonyl (C=O) groups is 2. The normalized spacial score (nSPS) is 11.0. The van der Waals surface area contributed by atoms with Crippen molar-refractivity contribution in [2.75, 3.05) is 0 Å². The second-order valence-electron chi connectivity index (χ2n) is 1.88. The molecule has 0 saturated heterocycles. The molecule has 0 radical (unpaired) electrons. The van der Waals surface area contributed by atoms with Crippen molar-refractivity contribution in [2.24, 2.45) is 11.5 Å². The first-order valence-corrected chi connectivity index (χ1v) is 3.53. The number of carbonyl (C=O) groups excluding carboxylic acids is 2. The molecule has 0 bridgehead atoms. The van der Waals surface area contributed by atoms with E-state index in [2.05, 4.69) is 15.9 Å². The molecular weight excluding hydrogens is 200 g/mol. The van der Waals surface area contributed by atoms with E-state index in [4.69, 9.17) is 11.5 Å². The average Bonchev–Trinajstić information content (AvgIpc) is 1.85. The maximum Gasteiger partial charge on any atom is 0.243 e. The van der Waals surface area contributed by atoms with E-state index in [0.29, 0.717) is 0 Å². The summed E-state index contributed by atoms with van der Waals surface area (Å²) in [5, 5.41) is 0. The van der Waals surface area contributed by atoms with Gasteiger partial charge in [0.15, 0.2) is 4.32 Å². The molecule has 4 N–H and O–H groups in total. The third kappa shape index (κ3) is 1.47. The Hall–Kier alpha value is -0.580. The molecule has 4 nitrogen and oxygen atoms in total. The number of alkyl halides is 1. The fourth-order valence-electron chi connectivity index (χ4n) is 0.470. The molecule has 0 rings (SSSR count). The van der Waals surface area contributed by atoms with Crippen molar-refractivity contribution < 1.29 is 9.59 Å². The van der Waals surface area contributed by atoms with Crippen LogP contribution in [0.1, 0.15) is 13.3 Å². The zero-order valence-electron chi connectivity index (χ0n) is 5.56. The van der Waals surface area contributed by atoms with Gasteiger partial charge in [-0.3, -0.25) is 9.59 Å². The molecular formula is C5H9BrN2O2. The second-order valence-corrected chi connectivity index (χ2v) is 3.24. The van der Waals surface area contributed by atoms with Gasteiger partial charge in [0.05, 0.1) is 0 Å². The minimum atomic E-state index is -1.37. The van der Waals surface area contributed by atoms with Crippen LogP contribution in [0.2, 0.25) is 0 Å². The second kappa shape index (κ2) is 3.01. The SMILES string of the molecule is CCC(Br)(C(N)=O)C(N)=O. The predicted octanol–water partition coefficient (Wildman–Crippen LogP) is -0.499. The van der Waals surface area contributed by atoms with Gasteiger partial charge in [-0.15, -0.1) is 0 Å². The van der Waals surface area contributed by atoms with Crippen molar-refractivity contribution in [3.8, 4) is 0 Å². The fraction of sp³-hybridized carbons (Fsp3) is 0.600. The van der Waals surface area contributed by atoms with E-state index in [0.717, 1.165) is 0 Å². The van der Waals surface area contributed by atoms with Crippen LogP contribution in [0.25, 0.3) is 0 Å². The van der Waals surface area contributed by atoms with Gasteiger partial charge >= 0.3 is 0 Å². The van der Waals surface area contributed by atoms with Gasteiger partial charge in [0, 0.05) is 0 Å². The van der Waals surface area contributed by atoms with Gasteiger partial charge in [-0.25, -0.2) is 0 Å². The summed E-state index contributed by atoms with van der Waals surface area (Å²) in [6.07, 6.45) is 0.262. The number of rotatable bonds is 3. The minimum absolute atomic E-state index is 0.262. The van der Waals surface area contributed by atoms with Crippen LogP contribution in [-0.2, 0) is 9.59 Å². The summed E-state index contributed by atoms with van der Waals surface area (Å²) in [6, 6.07) is 0. The van der Waals surface area contributed by atoms with Gasteiger partial charge in [0.1, 0.15) is 0 Å². The van der Waals surface area contributed by atoms with Crippen LogP contribution in [0.3, 0.4) is 0 Å². The number of nitrogens with two attached hydrogens (primary N) is 2. The first kappa shape index (κ1) is 9.42. The third-order valence-corrected chi connectivity index (χ3v) is 2.61. The summed E-state index contributed by atoms with van der Waals surface area (Å²) < 4.78 is -1.37. The fourth-order valence-corrected chi connectivity index (χ4v) is 0.470. The maximum atomic E-state index is 10.6. The van der Waals surface area contributed by atoms with Crippen molar-refractivity contribution in [1.29, 1.82) is 0 Å². The van der Waals surface area contributed by atoms with Gasteiger partial charge < -0.3 is 11.5 Å². The largest absolute Gasteiger partial charge is 0.368 e. The van der Waals surface area contributed by atoms with Crippen LogP contribution >= 0.6 is 15.9 Å². The van der Waals surface area contributed by atoms with Crippen molar-refractivity contribution in [3.63, 3.8) is 0 Å². The molecule has 0 aliphatic rings. The Morgan fingerprint density at radius 3 is 1.70 bits per heavy atom. The minimum Gasteiger partial charge on any atom is -0.368 e. The first-order chi connectivity index (χ1) is 4.45. The average molecular weight is 209 g/mol. The van der Waals surface area contributed by atoms with E-state index in [1.165, 1.54) is 0 Å². The molecule has 10 heavy (non-hydrogen) atoms. The number of halogens is 1. The Balaban J connectivity index is 4.55. The summed E-state index contributed by atoms with van der Waals surface area (Å²) >= 11 is 2.86. The molecule has 0 aromatic heterocycles. The van der Waals surface area contributed by atoms with Crippen LogP contribution in [0, 0.1) is 0 Å². The quantitative estimate of drug-likeness (QED) is 0.484. The number of primary amides is 2. The number of hydrogen-bond acceptors (Lipinski definition) is 2. The molecule has 0 aliphatic heterocycles. The number of hydrogen-bond donors (Lipinski definition) is 2. The summed E-state index contributed by atoms with van der Waals surface area (Å²) in [7, 11) is 0. The van der Waals surface area contributed by atoms with Gasteiger partial charge in [-0.05, 0) is 6.42 Å². The third-order valence-electron chi connectivity index (χ3n) is 1.27. The lowest BCUT2D eigenvalue weighted by atomic mass is 10.1. The molecule has 5 heteroatoms. The molecule has 58 valence electrons. The van der Waals surface area contributed by atoms with Crippen molar-refractivity contribution in [3.05, 3.63) is 0 Å². The van der Waals surface area contributed by atoms with E-state index in [1.54, 1.807) is 6.92 Å². The van der Waals surface area contributed by atoms with E-state index in [9.17, 15) is 9.59 Å². The molecule has 0 aromatic rings. The van der Waals surface area contributed by atoms with E-state index >= 15 is 0 Å². The molecule has 0 fully saturated rings. The Kier molecular flexibility index (Phi) is 2.83. The van der Waals surface area contributed by atoms with Gasteiger partial charge in [0.25, 0.3) is 0 Å². The van der Waals surface area contributed by atoms with Crippen LogP contribution in [0.5, 0.6) is 0 Å². The standard InChI is InChI=1S/C5H9BrN2O2/c1-2-5(6,3(7)9)4(8)10/h2H2,1H3,(H2,7,9)(H2,8,10). The van der Waals surface area contributed by atoms with Crippen LogP contribution < -0.4 is 11.5 Å². The lowest BCUT2D eigenvalue weighted by Gasteiger charge is -2.16. The van der Waals surface area contributed by atoms with E-state index in [-0.39, 0.29) is 6.42 Å². The first-order valence-electron chi connectivity index (χ1n) is 2.74. The highest BCUT2D eigenvalue weighted by Gasteiger charge is 2.37. The van der Waals surface area contributed by atoms with Crippen molar-refractivity contribution in [1.82, 2.24) is 0 Å². The molecule has 0 heterocycles. The Morgan fingerprint density at radius 1 is 1.40 bits per heavy atom. The highest BCUT2D eigenvalue weighted by molar-refractivity contribution is 9.10. The van der Waals surface area contributed by atoms with Crippen LogP contribution in [0.15, 0.2) is 0 Å². The van der Waals surface area contributed by atoms with Gasteiger partial charge in [-0.2, -0.15) is 0 Å². The highest BCUT2D eigenvalue weighted by atomic mass is 79.9. The van der Waals surface area contributed by atoms with Gasteiger partial charge in [-0.1, -0.05) is 22.9 Å². The molecule has 0 aliphatic carbocycles. The Labute approximate surface area is 67.1 Å². The topological polar surface area (TPSA) is 86.2 Å². The van der Waals surface area contributed by atoms with E-state index in [1.807, 2.05) is 0 Å². The Morgan fingerprint density at radius 2 is 1.70 bits per heavy atom. The monoisotopic (exact) mass is 208 g/mol. The molecule has 0 spiro atoms. The zero-order chi connectivity index (χ0) is 8.36. The number of amides is 2. The van der Waals surface area contributed by atoms with Crippen LogP contribution in [-0.4, -0.2) is 16.1 Å². The lowest BCUT2D eigenvalue weighted by Crippen LogP contribution is -2.48. The summed E-state index contributed by atoms with van der Waals surface area (Å²) in [5.41, 5.74) is 9.79. The highest BCUT2D eigenvalue weighted by Crippen LogP contribution is 2.20.